The summed E-state index contributed by atoms with van der Waals surface area (Å²) in [7, 11) is 0. The van der Waals surface area contributed by atoms with Crippen molar-refractivity contribution in [3.8, 4) is 22.6 Å². The van der Waals surface area contributed by atoms with E-state index in [-0.39, 0.29) is 13.2 Å². The zero-order chi connectivity index (χ0) is 20.4. The molecule has 0 spiro atoms. The number of carbonyl (C=O) groups excluding carboxylic acids is 3. The lowest BCUT2D eigenvalue weighted by molar-refractivity contribution is -0.138. The van der Waals surface area contributed by atoms with Crippen molar-refractivity contribution in [2.45, 2.75) is 0 Å². The molecule has 2 rings (SSSR count). The van der Waals surface area contributed by atoms with Gasteiger partial charge in [-0.05, 0) is 35.4 Å². The fourth-order valence-electron chi connectivity index (χ4n) is 2.04. The summed E-state index contributed by atoms with van der Waals surface area (Å²) in [6, 6.07) is 13.7. The van der Waals surface area contributed by atoms with Crippen LogP contribution in [0.5, 0.6) is 11.5 Å². The molecule has 144 valence electrons. The minimum absolute atomic E-state index is 0.0863. The maximum absolute atomic E-state index is 11.6. The van der Waals surface area contributed by atoms with Crippen LogP contribution in [0.2, 0.25) is 0 Å². The van der Waals surface area contributed by atoms with Crippen LogP contribution < -0.4 is 9.47 Å². The molecule has 0 aliphatic carbocycles. The number of carbonyl (C=O) groups is 3. The van der Waals surface area contributed by atoms with Crippen LogP contribution in [0.25, 0.3) is 11.1 Å². The Bertz CT molecular complexity index is 851. The Morgan fingerprint density at radius 2 is 1.14 bits per heavy atom. The van der Waals surface area contributed by atoms with Crippen LogP contribution in [0.15, 0.2) is 73.8 Å². The molecule has 0 atom stereocenters. The smallest absolute Gasteiger partial charge is 0.459 e. The zero-order valence-corrected chi connectivity index (χ0v) is 15.0. The van der Waals surface area contributed by atoms with Crippen molar-refractivity contribution in [3.63, 3.8) is 0 Å². The summed E-state index contributed by atoms with van der Waals surface area (Å²) in [6.45, 7) is 6.38. The predicted octanol–water partition coefficient (Wildman–Crippen LogP) is 3.69. The second kappa shape index (κ2) is 10.3. The molecule has 0 fully saturated rings. The molecular formula is C21H18O7. The van der Waals surface area contributed by atoms with Crippen LogP contribution in [-0.2, 0) is 19.1 Å². The summed E-state index contributed by atoms with van der Waals surface area (Å²) in [5.41, 5.74) is 1.76. The first-order valence-corrected chi connectivity index (χ1v) is 8.20. The van der Waals surface area contributed by atoms with Crippen molar-refractivity contribution in [2.75, 3.05) is 13.2 Å². The van der Waals surface area contributed by atoms with E-state index in [0.717, 1.165) is 23.3 Å². The number of ether oxygens (including phenoxy) is 4. The van der Waals surface area contributed by atoms with E-state index >= 15 is 0 Å². The van der Waals surface area contributed by atoms with Crippen molar-refractivity contribution in [1.29, 1.82) is 0 Å². The average molecular weight is 382 g/mol. The second-order valence-electron chi connectivity index (χ2n) is 5.25. The van der Waals surface area contributed by atoms with Gasteiger partial charge in [-0.3, -0.25) is 0 Å². The topological polar surface area (TPSA) is 88.1 Å². The highest BCUT2D eigenvalue weighted by Crippen LogP contribution is 2.25. The first kappa shape index (κ1) is 20.4. The molecule has 7 heteroatoms. The normalized spacial score (nSPS) is 9.71. The Hall–Kier alpha value is -3.87. The molecule has 0 amide bonds. The van der Waals surface area contributed by atoms with Gasteiger partial charge in [-0.2, -0.15) is 0 Å². The largest absolute Gasteiger partial charge is 0.513 e. The monoisotopic (exact) mass is 382 g/mol. The molecular weight excluding hydrogens is 364 g/mol. The third kappa shape index (κ3) is 6.45. The Labute approximate surface area is 161 Å². The number of rotatable bonds is 8. The van der Waals surface area contributed by atoms with E-state index in [0.29, 0.717) is 11.5 Å². The van der Waals surface area contributed by atoms with E-state index < -0.39 is 18.1 Å². The summed E-state index contributed by atoms with van der Waals surface area (Å²) in [5, 5.41) is 0. The van der Waals surface area contributed by atoms with Gasteiger partial charge in [-0.25, -0.2) is 14.4 Å². The minimum Gasteiger partial charge on any atom is -0.459 e. The summed E-state index contributed by atoms with van der Waals surface area (Å²) in [6.07, 6.45) is 1.20. The van der Waals surface area contributed by atoms with Gasteiger partial charge in [0.25, 0.3) is 0 Å². The van der Waals surface area contributed by atoms with Gasteiger partial charge in [0.15, 0.2) is 0 Å². The fraction of sp³-hybridized carbons (Fsp3) is 0.0952. The van der Waals surface area contributed by atoms with Gasteiger partial charge < -0.3 is 18.9 Å². The van der Waals surface area contributed by atoms with Crippen molar-refractivity contribution in [3.05, 3.63) is 73.8 Å². The lowest BCUT2D eigenvalue weighted by atomic mass is 10.1. The third-order valence-corrected chi connectivity index (χ3v) is 3.34. The molecule has 28 heavy (non-hydrogen) atoms. The molecule has 2 aromatic carbocycles. The maximum atomic E-state index is 11.6. The van der Waals surface area contributed by atoms with Gasteiger partial charge in [0, 0.05) is 12.2 Å². The SMILES string of the molecule is C=CC(=O)OCCOC(=O)Oc1ccc(-c2ccc(OC(=O)C=C)cc2)cc1. The molecule has 0 heterocycles. The standard InChI is InChI=1S/C21H18O7/c1-3-19(22)25-13-14-26-21(24)28-18-11-7-16(8-12-18)15-5-9-17(10-6-15)27-20(23)4-2/h3-12H,1-2,13-14H2. The second-order valence-corrected chi connectivity index (χ2v) is 5.25. The number of hydrogen-bond donors (Lipinski definition) is 0. The summed E-state index contributed by atoms with van der Waals surface area (Å²) < 4.78 is 19.5. The van der Waals surface area contributed by atoms with Gasteiger partial charge in [0.2, 0.25) is 0 Å². The molecule has 7 nitrogen and oxygen atoms in total. The average Bonchev–Trinajstić information content (AvgIpc) is 2.72. The van der Waals surface area contributed by atoms with Crippen molar-refractivity contribution in [2.24, 2.45) is 0 Å². The predicted molar refractivity (Wildman–Crippen MR) is 101 cm³/mol. The number of benzene rings is 2. The zero-order valence-electron chi connectivity index (χ0n) is 15.0. The van der Waals surface area contributed by atoms with Crippen molar-refractivity contribution < 1.29 is 33.3 Å². The molecule has 0 radical (unpaired) electrons. The van der Waals surface area contributed by atoms with Crippen LogP contribution in [0, 0.1) is 0 Å². The molecule has 0 aromatic heterocycles. The number of esters is 2. The summed E-state index contributed by atoms with van der Waals surface area (Å²) in [4.78, 5) is 33.6. The van der Waals surface area contributed by atoms with Gasteiger partial charge in [-0.1, -0.05) is 37.4 Å². The van der Waals surface area contributed by atoms with E-state index in [1.807, 2.05) is 0 Å². The molecule has 0 saturated heterocycles. The highest BCUT2D eigenvalue weighted by Gasteiger charge is 2.07. The first-order valence-electron chi connectivity index (χ1n) is 8.20. The summed E-state index contributed by atoms with van der Waals surface area (Å²) in [5.74, 6) is -0.414. The molecule has 0 bridgehead atoms. The van der Waals surface area contributed by atoms with Crippen molar-refractivity contribution in [1.82, 2.24) is 0 Å². The van der Waals surface area contributed by atoms with Crippen LogP contribution >= 0.6 is 0 Å². The lowest BCUT2D eigenvalue weighted by Crippen LogP contribution is -2.15. The van der Waals surface area contributed by atoms with Crippen LogP contribution in [0.4, 0.5) is 4.79 Å². The van der Waals surface area contributed by atoms with Crippen molar-refractivity contribution >= 4 is 18.1 Å². The maximum Gasteiger partial charge on any atom is 0.513 e. The quantitative estimate of drug-likeness (QED) is 0.226. The third-order valence-electron chi connectivity index (χ3n) is 3.34. The molecule has 0 saturated carbocycles. The first-order chi connectivity index (χ1) is 13.5. The fourth-order valence-corrected chi connectivity index (χ4v) is 2.04. The van der Waals surface area contributed by atoms with Gasteiger partial charge in [-0.15, -0.1) is 0 Å². The van der Waals surface area contributed by atoms with E-state index in [1.54, 1.807) is 48.5 Å². The Kier molecular flexibility index (Phi) is 7.53. The van der Waals surface area contributed by atoms with Gasteiger partial charge >= 0.3 is 18.1 Å². The van der Waals surface area contributed by atoms with Gasteiger partial charge in [0.05, 0.1) is 0 Å². The molecule has 0 aliphatic rings. The Morgan fingerprint density at radius 1 is 0.679 bits per heavy atom. The highest BCUT2D eigenvalue weighted by atomic mass is 16.7. The minimum atomic E-state index is -0.907. The Balaban J connectivity index is 1.86. The van der Waals surface area contributed by atoms with Crippen LogP contribution in [0.3, 0.4) is 0 Å². The lowest BCUT2D eigenvalue weighted by Gasteiger charge is -2.08. The molecule has 0 aliphatic heterocycles. The van der Waals surface area contributed by atoms with Gasteiger partial charge in [0.1, 0.15) is 24.7 Å². The van der Waals surface area contributed by atoms with E-state index in [4.69, 9.17) is 14.2 Å². The van der Waals surface area contributed by atoms with Crippen LogP contribution in [0.1, 0.15) is 0 Å². The molecule has 2 aromatic rings. The van der Waals surface area contributed by atoms with E-state index in [9.17, 15) is 14.4 Å². The van der Waals surface area contributed by atoms with E-state index in [2.05, 4.69) is 17.9 Å². The summed E-state index contributed by atoms with van der Waals surface area (Å²) >= 11 is 0. The molecule has 0 unspecified atom stereocenters. The van der Waals surface area contributed by atoms with E-state index in [1.165, 1.54) is 0 Å². The highest BCUT2D eigenvalue weighted by molar-refractivity contribution is 5.83. The Morgan fingerprint density at radius 3 is 1.64 bits per heavy atom. The molecule has 0 N–H and O–H groups in total. The number of hydrogen-bond acceptors (Lipinski definition) is 7. The van der Waals surface area contributed by atoms with Crippen LogP contribution in [-0.4, -0.2) is 31.3 Å².